The van der Waals surface area contributed by atoms with Crippen LogP contribution in [0, 0.1) is 0 Å². The molecule has 51 heavy (non-hydrogen) atoms. The summed E-state index contributed by atoms with van der Waals surface area (Å²) in [5.74, 6) is 0. The van der Waals surface area contributed by atoms with Gasteiger partial charge in [0.05, 0.1) is 0 Å². The van der Waals surface area contributed by atoms with Crippen LogP contribution in [0.15, 0.2) is 192 Å². The van der Waals surface area contributed by atoms with E-state index in [-0.39, 0.29) is 0 Å². The predicted octanol–water partition coefficient (Wildman–Crippen LogP) is 12.0. The van der Waals surface area contributed by atoms with Gasteiger partial charge >= 0.3 is 0 Å². The fourth-order valence-electron chi connectivity index (χ4n) is 7.79. The summed E-state index contributed by atoms with van der Waals surface area (Å²) in [5.41, 5.74) is 5.98. The van der Waals surface area contributed by atoms with Crippen LogP contribution >= 0.6 is 7.14 Å². The van der Waals surface area contributed by atoms with Crippen molar-refractivity contribution in [3.8, 4) is 22.3 Å². The third-order valence-electron chi connectivity index (χ3n) is 10.4. The number of hydrogen-bond acceptors (Lipinski definition) is 2. The number of furan rings is 1. The van der Waals surface area contributed by atoms with Crippen molar-refractivity contribution < 1.29 is 8.98 Å². The van der Waals surface area contributed by atoms with Crippen LogP contribution in [-0.4, -0.2) is 0 Å². The van der Waals surface area contributed by atoms with Gasteiger partial charge in [0.2, 0.25) is 0 Å². The highest BCUT2D eigenvalue weighted by Gasteiger charge is 2.31. The summed E-state index contributed by atoms with van der Waals surface area (Å²) >= 11 is 0. The molecule has 0 aliphatic rings. The smallest absolute Gasteiger partial charge is 0.171 e. The second-order valence-electron chi connectivity index (χ2n) is 13.2. The molecule has 3 heteroatoms. The Kier molecular flexibility index (Phi) is 6.81. The summed E-state index contributed by atoms with van der Waals surface area (Å²) in [6.07, 6.45) is 0. The number of benzene rings is 9. The fraction of sp³-hybridized carbons (Fsp3) is 0. The maximum Gasteiger partial charge on any atom is 0.171 e. The van der Waals surface area contributed by atoms with Crippen LogP contribution in [0.5, 0.6) is 0 Å². The van der Waals surface area contributed by atoms with Crippen LogP contribution in [0.3, 0.4) is 0 Å². The van der Waals surface area contributed by atoms with Crippen molar-refractivity contribution in [2.45, 2.75) is 0 Å². The zero-order chi connectivity index (χ0) is 33.9. The second-order valence-corrected chi connectivity index (χ2v) is 16.0. The van der Waals surface area contributed by atoms with Gasteiger partial charge in [0.1, 0.15) is 11.2 Å². The Morgan fingerprint density at radius 3 is 1.20 bits per heavy atom. The topological polar surface area (TPSA) is 30.2 Å². The maximum atomic E-state index is 15.8. The lowest BCUT2D eigenvalue weighted by atomic mass is 9.93. The Morgan fingerprint density at radius 2 is 0.686 bits per heavy atom. The number of fused-ring (bicyclic) bond motifs is 9. The fourth-order valence-corrected chi connectivity index (χ4v) is 10.4. The van der Waals surface area contributed by atoms with E-state index in [2.05, 4.69) is 115 Å². The highest BCUT2D eigenvalue weighted by molar-refractivity contribution is 7.85. The summed E-state index contributed by atoms with van der Waals surface area (Å²) in [6.45, 7) is 0. The van der Waals surface area contributed by atoms with Crippen molar-refractivity contribution in [3.63, 3.8) is 0 Å². The molecule has 240 valence electrons. The average molecular weight is 671 g/mol. The third-order valence-corrected chi connectivity index (χ3v) is 13.4. The molecule has 0 radical (unpaired) electrons. The van der Waals surface area contributed by atoms with E-state index < -0.39 is 7.14 Å². The third kappa shape index (κ3) is 4.76. The molecule has 0 unspecified atom stereocenters. The van der Waals surface area contributed by atoms with E-state index in [0.29, 0.717) is 0 Å². The lowest BCUT2D eigenvalue weighted by Gasteiger charge is -2.21. The molecule has 0 amide bonds. The van der Waals surface area contributed by atoms with Crippen LogP contribution < -0.4 is 15.9 Å². The van der Waals surface area contributed by atoms with Crippen molar-refractivity contribution >= 4 is 77.3 Å². The largest absolute Gasteiger partial charge is 0.456 e. The molecule has 2 nitrogen and oxygen atoms in total. The van der Waals surface area contributed by atoms with Crippen molar-refractivity contribution in [2.24, 2.45) is 0 Å². The molecule has 0 atom stereocenters. The van der Waals surface area contributed by atoms with Gasteiger partial charge in [0, 0.05) is 26.7 Å². The molecule has 0 spiro atoms. The molecule has 10 aromatic rings. The minimum Gasteiger partial charge on any atom is -0.456 e. The second kappa shape index (κ2) is 11.7. The molecular formula is C48H31O2P. The van der Waals surface area contributed by atoms with Crippen LogP contribution in [0.1, 0.15) is 0 Å². The Morgan fingerprint density at radius 1 is 0.294 bits per heavy atom. The molecule has 0 saturated carbocycles. The molecule has 0 bridgehead atoms. The number of hydrogen-bond donors (Lipinski definition) is 0. The molecule has 0 fully saturated rings. The van der Waals surface area contributed by atoms with Gasteiger partial charge in [0.15, 0.2) is 7.14 Å². The first kappa shape index (κ1) is 29.7. The Bertz CT molecular complexity index is 2870. The van der Waals surface area contributed by atoms with Crippen molar-refractivity contribution in [1.82, 2.24) is 0 Å². The van der Waals surface area contributed by atoms with Gasteiger partial charge in [-0.1, -0.05) is 158 Å². The minimum atomic E-state index is -3.31. The first-order valence-electron chi connectivity index (χ1n) is 17.3. The average Bonchev–Trinajstić information content (AvgIpc) is 3.57. The van der Waals surface area contributed by atoms with Crippen molar-refractivity contribution in [1.29, 1.82) is 0 Å². The lowest BCUT2D eigenvalue weighted by molar-refractivity contribution is 0.592. The summed E-state index contributed by atoms with van der Waals surface area (Å²) < 4.78 is 22.5. The molecular weight excluding hydrogens is 640 g/mol. The van der Waals surface area contributed by atoms with Gasteiger partial charge < -0.3 is 8.98 Å². The summed E-state index contributed by atoms with van der Waals surface area (Å²) in [5, 5.41) is 11.7. The first-order valence-corrected chi connectivity index (χ1v) is 19.0. The highest BCUT2D eigenvalue weighted by Crippen LogP contribution is 2.45. The van der Waals surface area contributed by atoms with Crippen LogP contribution in [0.25, 0.3) is 76.5 Å². The summed E-state index contributed by atoms with van der Waals surface area (Å²) in [7, 11) is -3.31. The van der Waals surface area contributed by atoms with Crippen LogP contribution in [0.4, 0.5) is 0 Å². The van der Waals surface area contributed by atoms with Gasteiger partial charge in [-0.05, 0) is 84.9 Å². The van der Waals surface area contributed by atoms with Crippen molar-refractivity contribution in [3.05, 3.63) is 188 Å². The van der Waals surface area contributed by atoms with Crippen LogP contribution in [0.2, 0.25) is 0 Å². The summed E-state index contributed by atoms with van der Waals surface area (Å²) in [4.78, 5) is 0. The Labute approximate surface area is 295 Å². The Balaban J connectivity index is 1.17. The minimum absolute atomic E-state index is 0.730. The van der Waals surface area contributed by atoms with Gasteiger partial charge in [-0.15, -0.1) is 0 Å². The Hall–Kier alpha value is -6.21. The molecule has 0 N–H and O–H groups in total. The van der Waals surface area contributed by atoms with Crippen LogP contribution in [-0.2, 0) is 4.57 Å². The molecule has 1 aromatic heterocycles. The standard InChI is InChI=1S/C48H31O2P/c49-51(36-23-19-34(20-24-36)32-11-3-1-4-12-32,37-25-21-35(22-26-37)33-13-5-2-6-14-33)38-27-28-43-46-30-44-41-17-9-7-15-39(41)40-16-8-10-18-42(40)45(44)31-48(46)50-47(43)29-38/h1-31H. The predicted molar refractivity (Wildman–Crippen MR) is 217 cm³/mol. The van der Waals surface area contributed by atoms with Gasteiger partial charge in [-0.2, -0.15) is 0 Å². The molecule has 1 heterocycles. The molecule has 0 saturated heterocycles. The van der Waals surface area contributed by atoms with E-state index in [1.54, 1.807) is 0 Å². The van der Waals surface area contributed by atoms with Gasteiger partial charge in [0.25, 0.3) is 0 Å². The van der Waals surface area contributed by atoms with E-state index >= 15 is 4.57 Å². The zero-order valence-corrected chi connectivity index (χ0v) is 28.6. The molecule has 0 aliphatic carbocycles. The molecule has 10 rings (SSSR count). The van der Waals surface area contributed by atoms with Gasteiger partial charge in [-0.25, -0.2) is 0 Å². The normalized spacial score (nSPS) is 12.0. The SMILES string of the molecule is O=P(c1ccc(-c2ccccc2)cc1)(c1ccc(-c2ccccc2)cc1)c1ccc2c(c1)oc1cc3c4ccccc4c4ccccc4c3cc12. The van der Waals surface area contributed by atoms with Gasteiger partial charge in [-0.3, -0.25) is 0 Å². The quantitative estimate of drug-likeness (QED) is 0.135. The van der Waals surface area contributed by atoms with E-state index in [4.69, 9.17) is 4.42 Å². The lowest BCUT2D eigenvalue weighted by Crippen LogP contribution is -2.25. The monoisotopic (exact) mass is 670 g/mol. The van der Waals surface area contributed by atoms with Crippen molar-refractivity contribution in [2.75, 3.05) is 0 Å². The van der Waals surface area contributed by atoms with E-state index in [1.807, 2.05) is 72.8 Å². The molecule has 9 aromatic carbocycles. The maximum absolute atomic E-state index is 15.8. The zero-order valence-electron chi connectivity index (χ0n) is 27.7. The van der Waals surface area contributed by atoms with E-state index in [1.165, 1.54) is 32.3 Å². The van der Waals surface area contributed by atoms with E-state index in [9.17, 15) is 0 Å². The summed E-state index contributed by atoms with van der Waals surface area (Å²) in [6, 6.07) is 64.8. The van der Waals surface area contributed by atoms with E-state index in [0.717, 1.165) is 60.1 Å². The highest BCUT2D eigenvalue weighted by atomic mass is 31.2. The molecule has 0 aliphatic heterocycles. The number of rotatable bonds is 5. The first-order chi connectivity index (χ1) is 25.1.